The van der Waals surface area contributed by atoms with Crippen molar-refractivity contribution in [3.8, 4) is 5.75 Å². The number of carbonyl (C=O) groups is 2. The molecule has 2 aromatic carbocycles. The number of rotatable bonds is 7. The zero-order chi connectivity index (χ0) is 23.5. The second-order valence-corrected chi connectivity index (χ2v) is 9.35. The van der Waals surface area contributed by atoms with Gasteiger partial charge < -0.3 is 19.9 Å². The number of amides is 2. The van der Waals surface area contributed by atoms with Crippen molar-refractivity contribution in [2.24, 2.45) is 0 Å². The second-order valence-electron chi connectivity index (χ2n) is 9.35. The van der Waals surface area contributed by atoms with Crippen molar-refractivity contribution >= 4 is 23.2 Å². The number of nitrogens with zero attached hydrogens (tertiary/aromatic N) is 3. The maximum Gasteiger partial charge on any atom is 0.262 e. The van der Waals surface area contributed by atoms with Gasteiger partial charge in [0, 0.05) is 51.9 Å². The van der Waals surface area contributed by atoms with E-state index in [1.54, 1.807) is 20.2 Å². The molecule has 0 aromatic heterocycles. The van der Waals surface area contributed by atoms with Crippen molar-refractivity contribution in [1.29, 1.82) is 0 Å². The third-order valence-corrected chi connectivity index (χ3v) is 6.21. The van der Waals surface area contributed by atoms with Crippen LogP contribution < -0.4 is 15.0 Å². The minimum atomic E-state index is -0.249. The van der Waals surface area contributed by atoms with Crippen LogP contribution >= 0.6 is 0 Å². The summed E-state index contributed by atoms with van der Waals surface area (Å²) in [5.41, 5.74) is 4.32. The number of anilines is 2. The van der Waals surface area contributed by atoms with Gasteiger partial charge in [-0.05, 0) is 68.1 Å². The van der Waals surface area contributed by atoms with E-state index in [-0.39, 0.29) is 18.4 Å². The average molecular weight is 451 g/mol. The van der Waals surface area contributed by atoms with Crippen molar-refractivity contribution < 1.29 is 14.3 Å². The highest BCUT2D eigenvalue weighted by atomic mass is 16.5. The smallest absolute Gasteiger partial charge is 0.262 e. The van der Waals surface area contributed by atoms with E-state index in [0.717, 1.165) is 49.0 Å². The Balaban J connectivity index is 1.48. The summed E-state index contributed by atoms with van der Waals surface area (Å²) in [5.74, 6) is 0.333. The average Bonchev–Trinajstić information content (AvgIpc) is 3.62. The molecule has 33 heavy (non-hydrogen) atoms. The van der Waals surface area contributed by atoms with Crippen LogP contribution in [-0.4, -0.2) is 74.5 Å². The van der Waals surface area contributed by atoms with Crippen LogP contribution in [0.1, 0.15) is 34.3 Å². The molecule has 0 bridgehead atoms. The highest BCUT2D eigenvalue weighted by Crippen LogP contribution is 2.32. The van der Waals surface area contributed by atoms with E-state index in [1.807, 2.05) is 38.1 Å². The lowest BCUT2D eigenvalue weighted by Crippen LogP contribution is -2.47. The van der Waals surface area contributed by atoms with Gasteiger partial charge in [-0.3, -0.25) is 14.5 Å². The fourth-order valence-electron chi connectivity index (χ4n) is 4.42. The Kier molecular flexibility index (Phi) is 6.88. The fourth-order valence-corrected chi connectivity index (χ4v) is 4.42. The van der Waals surface area contributed by atoms with Gasteiger partial charge >= 0.3 is 0 Å². The lowest BCUT2D eigenvalue weighted by Gasteiger charge is -2.37. The standard InChI is InChI=1S/C26H34N4O3/c1-18-13-19(2)15-22(14-18)33-17-25(31)27-23-16-20(26(32)28(3)4)5-8-24(23)30-11-9-29(10-12-30)21-6-7-21/h5,8,13-16,21H,6-7,9-12,17H2,1-4H3,(H,27,31). The van der Waals surface area contributed by atoms with Crippen molar-refractivity contribution in [3.05, 3.63) is 53.1 Å². The molecule has 1 aliphatic carbocycles. The number of hydrogen-bond acceptors (Lipinski definition) is 5. The summed E-state index contributed by atoms with van der Waals surface area (Å²) < 4.78 is 5.74. The van der Waals surface area contributed by atoms with Crippen molar-refractivity contribution in [3.63, 3.8) is 0 Å². The molecule has 1 aliphatic heterocycles. The highest BCUT2D eigenvalue weighted by molar-refractivity contribution is 6.00. The molecule has 2 fully saturated rings. The minimum absolute atomic E-state index is 0.0936. The first-order chi connectivity index (χ1) is 15.8. The maximum absolute atomic E-state index is 12.8. The quantitative estimate of drug-likeness (QED) is 0.701. The van der Waals surface area contributed by atoms with Crippen LogP contribution in [0.15, 0.2) is 36.4 Å². The van der Waals surface area contributed by atoms with Gasteiger partial charge in [-0.2, -0.15) is 0 Å². The normalized spacial score (nSPS) is 16.4. The molecule has 2 aliphatic rings. The molecule has 1 saturated carbocycles. The van der Waals surface area contributed by atoms with E-state index in [0.29, 0.717) is 17.0 Å². The fraction of sp³-hybridized carbons (Fsp3) is 0.462. The summed E-state index contributed by atoms with van der Waals surface area (Å²) in [4.78, 5) is 31.7. The van der Waals surface area contributed by atoms with Crippen LogP contribution in [0.25, 0.3) is 0 Å². The molecule has 1 saturated heterocycles. The first-order valence-corrected chi connectivity index (χ1v) is 11.7. The molecule has 1 heterocycles. The van der Waals surface area contributed by atoms with Gasteiger partial charge in [0.15, 0.2) is 6.61 Å². The summed E-state index contributed by atoms with van der Waals surface area (Å²) in [6.45, 7) is 7.76. The SMILES string of the molecule is Cc1cc(C)cc(OCC(=O)Nc2cc(C(=O)N(C)C)ccc2N2CCN(C3CC3)CC2)c1. The van der Waals surface area contributed by atoms with Gasteiger partial charge in [-0.25, -0.2) is 0 Å². The van der Waals surface area contributed by atoms with E-state index in [1.165, 1.54) is 17.7 Å². The van der Waals surface area contributed by atoms with E-state index in [4.69, 9.17) is 4.74 Å². The van der Waals surface area contributed by atoms with Crippen molar-refractivity contribution in [2.45, 2.75) is 32.7 Å². The van der Waals surface area contributed by atoms with E-state index >= 15 is 0 Å². The van der Waals surface area contributed by atoms with Crippen LogP contribution in [0, 0.1) is 13.8 Å². The summed E-state index contributed by atoms with van der Waals surface area (Å²) in [5, 5.41) is 3.00. The third kappa shape index (κ3) is 5.85. The Morgan fingerprint density at radius 3 is 2.27 bits per heavy atom. The molecule has 0 spiro atoms. The van der Waals surface area contributed by atoms with Crippen LogP contribution in [-0.2, 0) is 4.79 Å². The first kappa shape index (κ1) is 23.1. The number of benzene rings is 2. The maximum atomic E-state index is 12.8. The zero-order valence-corrected chi connectivity index (χ0v) is 20.1. The molecule has 0 atom stereocenters. The van der Waals surface area contributed by atoms with E-state index in [9.17, 15) is 9.59 Å². The molecule has 7 heteroatoms. The zero-order valence-electron chi connectivity index (χ0n) is 20.1. The monoisotopic (exact) mass is 450 g/mol. The van der Waals surface area contributed by atoms with Crippen LogP contribution in [0.5, 0.6) is 5.75 Å². The number of nitrogens with one attached hydrogen (secondary N) is 1. The topological polar surface area (TPSA) is 65.1 Å². The summed E-state index contributed by atoms with van der Waals surface area (Å²) >= 11 is 0. The van der Waals surface area contributed by atoms with E-state index < -0.39 is 0 Å². The Morgan fingerprint density at radius 2 is 1.67 bits per heavy atom. The minimum Gasteiger partial charge on any atom is -0.484 e. The van der Waals surface area contributed by atoms with Gasteiger partial charge in [0.2, 0.25) is 0 Å². The number of carbonyl (C=O) groups excluding carboxylic acids is 2. The highest BCUT2D eigenvalue weighted by Gasteiger charge is 2.31. The summed E-state index contributed by atoms with van der Waals surface area (Å²) in [6, 6.07) is 12.2. The van der Waals surface area contributed by atoms with Crippen LogP contribution in [0.3, 0.4) is 0 Å². The largest absolute Gasteiger partial charge is 0.484 e. The molecule has 0 unspecified atom stereocenters. The predicted molar refractivity (Wildman–Crippen MR) is 131 cm³/mol. The molecule has 0 radical (unpaired) electrons. The molecular formula is C26H34N4O3. The van der Waals surface area contributed by atoms with Crippen molar-refractivity contribution in [1.82, 2.24) is 9.80 Å². The Hall–Kier alpha value is -3.06. The molecule has 1 N–H and O–H groups in total. The van der Waals surface area contributed by atoms with Crippen LogP contribution in [0.2, 0.25) is 0 Å². The Bertz CT molecular complexity index is 1000. The van der Waals surface area contributed by atoms with Gasteiger partial charge in [-0.15, -0.1) is 0 Å². The number of aryl methyl sites for hydroxylation is 2. The first-order valence-electron chi connectivity index (χ1n) is 11.7. The number of piperazine rings is 1. The molecule has 2 amide bonds. The molecule has 2 aromatic rings. The molecule has 7 nitrogen and oxygen atoms in total. The van der Waals surface area contributed by atoms with Gasteiger partial charge in [-0.1, -0.05) is 6.07 Å². The number of ether oxygens (including phenoxy) is 1. The van der Waals surface area contributed by atoms with Crippen LogP contribution in [0.4, 0.5) is 11.4 Å². The van der Waals surface area contributed by atoms with Crippen molar-refractivity contribution in [2.75, 3.05) is 57.1 Å². The molecule has 176 valence electrons. The molecule has 4 rings (SSSR count). The van der Waals surface area contributed by atoms with Gasteiger partial charge in [0.05, 0.1) is 11.4 Å². The Labute approximate surface area is 196 Å². The second kappa shape index (κ2) is 9.83. The lowest BCUT2D eigenvalue weighted by atomic mass is 10.1. The summed E-state index contributed by atoms with van der Waals surface area (Å²) in [6.07, 6.45) is 2.62. The lowest BCUT2D eigenvalue weighted by molar-refractivity contribution is -0.118. The predicted octanol–water partition coefficient (Wildman–Crippen LogP) is 3.31. The Morgan fingerprint density at radius 1 is 1.00 bits per heavy atom. The third-order valence-electron chi connectivity index (χ3n) is 6.21. The summed E-state index contributed by atoms with van der Waals surface area (Å²) in [7, 11) is 3.45. The number of hydrogen-bond donors (Lipinski definition) is 1. The van der Waals surface area contributed by atoms with E-state index in [2.05, 4.69) is 21.2 Å². The van der Waals surface area contributed by atoms with Gasteiger partial charge in [0.25, 0.3) is 11.8 Å². The van der Waals surface area contributed by atoms with Gasteiger partial charge in [0.1, 0.15) is 5.75 Å². The molecular weight excluding hydrogens is 416 g/mol.